The van der Waals surface area contributed by atoms with Gasteiger partial charge in [0.2, 0.25) is 0 Å². The van der Waals surface area contributed by atoms with E-state index in [2.05, 4.69) is 10.2 Å². The number of nitrogens with zero attached hydrogens (tertiary/aromatic N) is 1. The van der Waals surface area contributed by atoms with Crippen LogP contribution in [0.1, 0.15) is 32.1 Å². The number of benzene rings is 1. The number of halogens is 1. The van der Waals surface area contributed by atoms with Gasteiger partial charge in [-0.25, -0.2) is 4.79 Å². The second-order valence-corrected chi connectivity index (χ2v) is 6.67. The SMILES string of the molecule is O=C(Nc1cccc(Cl)c1)OC[C@@H]1CCCN2CCCC[C@H]12. The van der Waals surface area contributed by atoms with E-state index in [1.165, 1.54) is 38.8 Å². The summed E-state index contributed by atoms with van der Waals surface area (Å²) in [7, 11) is 0. The Kier molecular flexibility index (Phi) is 5.21. The minimum atomic E-state index is -0.393. The molecule has 0 bridgehead atoms. The predicted octanol–water partition coefficient (Wildman–Crippen LogP) is 4.15. The van der Waals surface area contributed by atoms with Gasteiger partial charge in [-0.15, -0.1) is 0 Å². The van der Waals surface area contributed by atoms with Crippen molar-refractivity contribution in [3.8, 4) is 0 Å². The Balaban J connectivity index is 1.50. The molecule has 2 fully saturated rings. The molecule has 4 nitrogen and oxygen atoms in total. The number of amides is 1. The summed E-state index contributed by atoms with van der Waals surface area (Å²) in [5.74, 6) is 0.471. The average molecular weight is 323 g/mol. The molecule has 2 heterocycles. The van der Waals surface area contributed by atoms with Crippen LogP contribution in [0.3, 0.4) is 0 Å². The third-order valence-electron chi connectivity index (χ3n) is 4.73. The highest BCUT2D eigenvalue weighted by Crippen LogP contribution is 2.31. The summed E-state index contributed by atoms with van der Waals surface area (Å²) in [6.45, 7) is 2.92. The molecule has 2 saturated heterocycles. The lowest BCUT2D eigenvalue weighted by atomic mass is 9.84. The van der Waals surface area contributed by atoms with Crippen molar-refractivity contribution in [1.82, 2.24) is 4.90 Å². The molecule has 1 aromatic rings. The molecule has 2 aliphatic rings. The molecule has 0 saturated carbocycles. The fourth-order valence-corrected chi connectivity index (χ4v) is 3.86. The third-order valence-corrected chi connectivity index (χ3v) is 4.96. The molecule has 0 aromatic heterocycles. The van der Waals surface area contributed by atoms with Gasteiger partial charge in [0.15, 0.2) is 0 Å². The summed E-state index contributed by atoms with van der Waals surface area (Å²) in [6.07, 6.45) is 5.82. The molecule has 1 aromatic carbocycles. The number of nitrogens with one attached hydrogen (secondary N) is 1. The van der Waals surface area contributed by atoms with E-state index in [1.807, 2.05) is 0 Å². The van der Waals surface area contributed by atoms with Crippen LogP contribution in [0.4, 0.5) is 10.5 Å². The van der Waals surface area contributed by atoms with E-state index in [4.69, 9.17) is 16.3 Å². The summed E-state index contributed by atoms with van der Waals surface area (Å²) in [5.41, 5.74) is 0.667. The van der Waals surface area contributed by atoms with Crippen LogP contribution in [-0.4, -0.2) is 36.7 Å². The van der Waals surface area contributed by atoms with E-state index < -0.39 is 6.09 Å². The second-order valence-electron chi connectivity index (χ2n) is 6.24. The fraction of sp³-hybridized carbons (Fsp3) is 0.588. The Morgan fingerprint density at radius 3 is 3.00 bits per heavy atom. The Morgan fingerprint density at radius 2 is 2.14 bits per heavy atom. The van der Waals surface area contributed by atoms with Crippen LogP contribution in [0, 0.1) is 5.92 Å². The number of rotatable bonds is 3. The number of hydrogen-bond donors (Lipinski definition) is 1. The first-order valence-corrected chi connectivity index (χ1v) is 8.53. The number of anilines is 1. The smallest absolute Gasteiger partial charge is 0.411 e. The Bertz CT molecular complexity index is 521. The van der Waals surface area contributed by atoms with Crippen LogP contribution in [-0.2, 0) is 4.74 Å². The van der Waals surface area contributed by atoms with Crippen molar-refractivity contribution in [3.05, 3.63) is 29.3 Å². The van der Waals surface area contributed by atoms with E-state index in [1.54, 1.807) is 24.3 Å². The summed E-state index contributed by atoms with van der Waals surface area (Å²) >= 11 is 5.91. The van der Waals surface area contributed by atoms with Gasteiger partial charge >= 0.3 is 6.09 Å². The maximum atomic E-state index is 11.9. The van der Waals surface area contributed by atoms with E-state index in [9.17, 15) is 4.79 Å². The zero-order chi connectivity index (χ0) is 15.4. The van der Waals surface area contributed by atoms with Gasteiger partial charge < -0.3 is 4.74 Å². The Morgan fingerprint density at radius 1 is 1.27 bits per heavy atom. The normalized spacial score (nSPS) is 25.3. The quantitative estimate of drug-likeness (QED) is 0.908. The fourth-order valence-electron chi connectivity index (χ4n) is 3.67. The lowest BCUT2D eigenvalue weighted by molar-refractivity contribution is 0.0261. The van der Waals surface area contributed by atoms with Gasteiger partial charge in [0, 0.05) is 22.7 Å². The van der Waals surface area contributed by atoms with Crippen molar-refractivity contribution < 1.29 is 9.53 Å². The number of piperidine rings is 2. The van der Waals surface area contributed by atoms with Crippen molar-refractivity contribution in [3.63, 3.8) is 0 Å². The molecule has 22 heavy (non-hydrogen) atoms. The van der Waals surface area contributed by atoms with E-state index in [0.29, 0.717) is 29.3 Å². The first-order valence-electron chi connectivity index (χ1n) is 8.16. The van der Waals surface area contributed by atoms with Gasteiger partial charge in [0.25, 0.3) is 0 Å². The molecular formula is C17H23ClN2O2. The van der Waals surface area contributed by atoms with Crippen molar-refractivity contribution in [2.24, 2.45) is 5.92 Å². The minimum Gasteiger partial charge on any atom is -0.449 e. The Hall–Kier alpha value is -1.26. The molecule has 0 aliphatic carbocycles. The molecule has 1 N–H and O–H groups in total. The Labute approximate surface area is 136 Å². The maximum Gasteiger partial charge on any atom is 0.411 e. The molecule has 0 radical (unpaired) electrons. The van der Waals surface area contributed by atoms with Crippen LogP contribution in [0.15, 0.2) is 24.3 Å². The zero-order valence-electron chi connectivity index (χ0n) is 12.8. The molecule has 0 spiro atoms. The van der Waals surface area contributed by atoms with Crippen LogP contribution >= 0.6 is 11.6 Å². The van der Waals surface area contributed by atoms with Crippen molar-refractivity contribution in [1.29, 1.82) is 0 Å². The molecule has 0 unspecified atom stereocenters. The van der Waals surface area contributed by atoms with Crippen molar-refractivity contribution in [2.75, 3.05) is 25.0 Å². The van der Waals surface area contributed by atoms with E-state index in [0.717, 1.165) is 6.42 Å². The standard InChI is InChI=1S/C17H23ClN2O2/c18-14-6-3-7-15(11-14)19-17(21)22-12-13-5-4-10-20-9-2-1-8-16(13)20/h3,6-7,11,13,16H,1-2,4-5,8-10,12H2,(H,19,21)/t13-,16+/m0/s1. The lowest BCUT2D eigenvalue weighted by Crippen LogP contribution is -2.49. The number of fused-ring (bicyclic) bond motifs is 1. The van der Waals surface area contributed by atoms with Crippen LogP contribution < -0.4 is 5.32 Å². The summed E-state index contributed by atoms with van der Waals surface area (Å²) in [5, 5.41) is 3.34. The first kappa shape index (κ1) is 15.6. The lowest BCUT2D eigenvalue weighted by Gasteiger charge is -2.44. The summed E-state index contributed by atoms with van der Waals surface area (Å²) < 4.78 is 5.45. The third kappa shape index (κ3) is 3.93. The van der Waals surface area contributed by atoms with Gasteiger partial charge in [0.05, 0.1) is 6.61 Å². The van der Waals surface area contributed by atoms with Gasteiger partial charge in [-0.3, -0.25) is 10.2 Å². The minimum absolute atomic E-state index is 0.393. The van der Waals surface area contributed by atoms with E-state index >= 15 is 0 Å². The second kappa shape index (κ2) is 7.34. The van der Waals surface area contributed by atoms with Gasteiger partial charge in [-0.05, 0) is 57.0 Å². The molecule has 2 atom stereocenters. The van der Waals surface area contributed by atoms with Crippen LogP contribution in [0.2, 0.25) is 5.02 Å². The van der Waals surface area contributed by atoms with Gasteiger partial charge in [0.1, 0.15) is 0 Å². The molecule has 120 valence electrons. The van der Waals surface area contributed by atoms with Crippen molar-refractivity contribution in [2.45, 2.75) is 38.1 Å². The number of carbonyl (C=O) groups excluding carboxylic acids is 1. The topological polar surface area (TPSA) is 41.6 Å². The molecule has 5 heteroatoms. The van der Waals surface area contributed by atoms with Crippen molar-refractivity contribution >= 4 is 23.4 Å². The summed E-state index contributed by atoms with van der Waals surface area (Å²) in [4.78, 5) is 14.5. The van der Waals surface area contributed by atoms with Gasteiger partial charge in [-0.2, -0.15) is 0 Å². The highest BCUT2D eigenvalue weighted by Gasteiger charge is 2.33. The number of hydrogen-bond acceptors (Lipinski definition) is 3. The molecule has 2 aliphatic heterocycles. The molecule has 3 rings (SSSR count). The predicted molar refractivity (Wildman–Crippen MR) is 88.4 cm³/mol. The van der Waals surface area contributed by atoms with Gasteiger partial charge in [-0.1, -0.05) is 24.1 Å². The largest absolute Gasteiger partial charge is 0.449 e. The van der Waals surface area contributed by atoms with E-state index in [-0.39, 0.29) is 0 Å². The zero-order valence-corrected chi connectivity index (χ0v) is 13.5. The van der Waals surface area contributed by atoms with Crippen LogP contribution in [0.5, 0.6) is 0 Å². The first-order chi connectivity index (χ1) is 10.7. The van der Waals surface area contributed by atoms with Crippen LogP contribution in [0.25, 0.3) is 0 Å². The average Bonchev–Trinajstić information content (AvgIpc) is 2.53. The molecule has 1 amide bonds. The number of ether oxygens (including phenoxy) is 1. The summed E-state index contributed by atoms with van der Waals surface area (Å²) in [6, 6.07) is 7.70. The monoisotopic (exact) mass is 322 g/mol. The highest BCUT2D eigenvalue weighted by molar-refractivity contribution is 6.30. The number of carbonyl (C=O) groups is 1. The molecular weight excluding hydrogens is 300 g/mol. The maximum absolute atomic E-state index is 11.9. The highest BCUT2D eigenvalue weighted by atomic mass is 35.5.